The van der Waals surface area contributed by atoms with E-state index in [1.807, 2.05) is 56.5 Å². The molecule has 0 radical (unpaired) electrons. The molecule has 0 aliphatic carbocycles. The Hall–Kier alpha value is -2.36. The van der Waals surface area contributed by atoms with Gasteiger partial charge in [0.15, 0.2) is 0 Å². The summed E-state index contributed by atoms with van der Waals surface area (Å²) >= 11 is 0. The summed E-state index contributed by atoms with van der Waals surface area (Å²) in [6, 6.07) is 9.71. The van der Waals surface area contributed by atoms with Crippen LogP contribution in [0.4, 0.5) is 5.82 Å². The number of benzene rings is 1. The first-order valence-corrected chi connectivity index (χ1v) is 7.22. The number of aryl methyl sites for hydroxylation is 1. The highest BCUT2D eigenvalue weighted by Crippen LogP contribution is 2.26. The maximum absolute atomic E-state index is 5.95. The van der Waals surface area contributed by atoms with Gasteiger partial charge in [-0.25, -0.2) is 4.98 Å². The fourth-order valence-corrected chi connectivity index (χ4v) is 1.99. The lowest BCUT2D eigenvalue weighted by molar-refractivity contribution is 0.457. The topological polar surface area (TPSA) is 47.0 Å². The molecule has 1 heterocycles. The van der Waals surface area contributed by atoms with E-state index in [9.17, 15) is 0 Å². The molecule has 0 atom stereocenters. The second-order valence-corrected chi connectivity index (χ2v) is 4.65. The van der Waals surface area contributed by atoms with Crippen molar-refractivity contribution in [2.75, 3.05) is 12.4 Å². The van der Waals surface area contributed by atoms with Gasteiger partial charge in [0.2, 0.25) is 5.88 Å². The lowest BCUT2D eigenvalue weighted by Crippen LogP contribution is -2.02. The predicted molar refractivity (Wildman–Crippen MR) is 86.8 cm³/mol. The summed E-state index contributed by atoms with van der Waals surface area (Å²) in [7, 11) is 1.84. The van der Waals surface area contributed by atoms with Crippen LogP contribution in [0.3, 0.4) is 0 Å². The zero-order chi connectivity index (χ0) is 15.1. The van der Waals surface area contributed by atoms with Crippen LogP contribution in [-0.4, -0.2) is 17.0 Å². The Morgan fingerprint density at radius 3 is 2.76 bits per heavy atom. The average Bonchev–Trinajstić information content (AvgIpc) is 2.49. The van der Waals surface area contributed by atoms with E-state index >= 15 is 0 Å². The van der Waals surface area contributed by atoms with Gasteiger partial charge in [0.05, 0.1) is 0 Å². The number of hydrogen-bond acceptors (Lipinski definition) is 4. The van der Waals surface area contributed by atoms with E-state index in [4.69, 9.17) is 4.74 Å². The lowest BCUT2D eigenvalue weighted by atomic mass is 10.2. The third kappa shape index (κ3) is 4.05. The highest BCUT2D eigenvalue weighted by molar-refractivity contribution is 5.57. The second kappa shape index (κ2) is 7.43. The Morgan fingerprint density at radius 2 is 2.05 bits per heavy atom. The number of rotatable bonds is 6. The molecule has 0 amide bonds. The Kier molecular flexibility index (Phi) is 5.32. The minimum atomic E-state index is 0.565. The second-order valence-electron chi connectivity index (χ2n) is 4.65. The third-order valence-corrected chi connectivity index (χ3v) is 2.96. The molecule has 1 aromatic carbocycles. The number of nitrogens with one attached hydrogen (secondary N) is 1. The normalized spacial score (nSPS) is 10.8. The van der Waals surface area contributed by atoms with Gasteiger partial charge in [0.25, 0.3) is 0 Å². The summed E-state index contributed by atoms with van der Waals surface area (Å²) in [5.74, 6) is 2.92. The van der Waals surface area contributed by atoms with E-state index < -0.39 is 0 Å². The van der Waals surface area contributed by atoms with Crippen LogP contribution in [0.25, 0.3) is 6.08 Å². The van der Waals surface area contributed by atoms with Crippen LogP contribution in [0.1, 0.15) is 31.7 Å². The number of aromatic nitrogens is 2. The first-order valence-electron chi connectivity index (χ1n) is 7.22. The molecule has 0 saturated carbocycles. The van der Waals surface area contributed by atoms with Gasteiger partial charge in [-0.2, -0.15) is 4.98 Å². The van der Waals surface area contributed by atoms with Crippen LogP contribution < -0.4 is 10.1 Å². The first kappa shape index (κ1) is 15.0. The van der Waals surface area contributed by atoms with Crippen LogP contribution in [0.5, 0.6) is 11.6 Å². The molecule has 0 aliphatic rings. The Bertz CT molecular complexity index is 623. The van der Waals surface area contributed by atoms with Crippen molar-refractivity contribution >= 4 is 11.9 Å². The van der Waals surface area contributed by atoms with Gasteiger partial charge >= 0.3 is 0 Å². The van der Waals surface area contributed by atoms with Crippen molar-refractivity contribution in [1.29, 1.82) is 0 Å². The Labute approximate surface area is 125 Å². The number of allylic oxidation sites excluding steroid dienone is 1. The lowest BCUT2D eigenvalue weighted by Gasteiger charge is -2.10. The van der Waals surface area contributed by atoms with Gasteiger partial charge < -0.3 is 10.1 Å². The van der Waals surface area contributed by atoms with Gasteiger partial charge in [0.1, 0.15) is 17.4 Å². The number of anilines is 1. The summed E-state index contributed by atoms with van der Waals surface area (Å²) in [4.78, 5) is 8.90. The van der Waals surface area contributed by atoms with Crippen molar-refractivity contribution < 1.29 is 4.74 Å². The number of para-hydroxylation sites is 1. The molecule has 4 nitrogen and oxygen atoms in total. The van der Waals surface area contributed by atoms with Crippen LogP contribution >= 0.6 is 0 Å². The molecule has 21 heavy (non-hydrogen) atoms. The van der Waals surface area contributed by atoms with Crippen LogP contribution in [0.15, 0.2) is 36.4 Å². The van der Waals surface area contributed by atoms with Crippen molar-refractivity contribution in [3.63, 3.8) is 0 Å². The molecule has 0 spiro atoms. The summed E-state index contributed by atoms with van der Waals surface area (Å²) in [5, 5.41) is 3.05. The fourth-order valence-electron chi connectivity index (χ4n) is 1.99. The fraction of sp³-hybridized carbons (Fsp3) is 0.294. The smallest absolute Gasteiger partial charge is 0.224 e. The number of nitrogens with zero attached hydrogens (tertiary/aromatic N) is 2. The molecule has 0 aliphatic heterocycles. The highest BCUT2D eigenvalue weighted by atomic mass is 16.5. The van der Waals surface area contributed by atoms with E-state index in [-0.39, 0.29) is 0 Å². The first-order chi connectivity index (χ1) is 10.3. The average molecular weight is 283 g/mol. The Morgan fingerprint density at radius 1 is 1.24 bits per heavy atom. The molecule has 1 N–H and O–H groups in total. The van der Waals surface area contributed by atoms with E-state index in [0.29, 0.717) is 5.88 Å². The summed E-state index contributed by atoms with van der Waals surface area (Å²) in [6.07, 6.45) is 5.84. The van der Waals surface area contributed by atoms with Gasteiger partial charge in [-0.1, -0.05) is 37.3 Å². The largest absolute Gasteiger partial charge is 0.438 e. The van der Waals surface area contributed by atoms with Crippen molar-refractivity contribution in [2.45, 2.75) is 26.7 Å². The Balaban J connectivity index is 2.32. The van der Waals surface area contributed by atoms with Crippen molar-refractivity contribution in [3.05, 3.63) is 47.8 Å². The standard InChI is InChI=1S/C17H21N3O/c1-4-8-13-10-6-7-11-14(13)21-17-12-16(18-3)19-15(20-17)9-5-2/h4,6-8,10-12H,5,9H2,1-3H3,(H,18,19,20)/b8-4+. The molecule has 2 aromatic rings. The molecule has 0 unspecified atom stereocenters. The van der Waals surface area contributed by atoms with Crippen molar-refractivity contribution in [2.24, 2.45) is 0 Å². The minimum Gasteiger partial charge on any atom is -0.438 e. The summed E-state index contributed by atoms with van der Waals surface area (Å²) < 4.78 is 5.95. The zero-order valence-electron chi connectivity index (χ0n) is 12.8. The van der Waals surface area contributed by atoms with E-state index in [1.54, 1.807) is 0 Å². The zero-order valence-corrected chi connectivity index (χ0v) is 12.8. The maximum Gasteiger partial charge on any atom is 0.224 e. The van der Waals surface area contributed by atoms with Crippen LogP contribution in [-0.2, 0) is 6.42 Å². The van der Waals surface area contributed by atoms with Gasteiger partial charge in [-0.15, -0.1) is 0 Å². The number of ether oxygens (including phenoxy) is 1. The molecule has 110 valence electrons. The summed E-state index contributed by atoms with van der Waals surface area (Å²) in [5.41, 5.74) is 1.03. The van der Waals surface area contributed by atoms with Gasteiger partial charge in [0, 0.05) is 25.1 Å². The SMILES string of the molecule is C/C=C/c1ccccc1Oc1cc(NC)nc(CCC)n1. The molecule has 0 saturated heterocycles. The molecule has 4 heteroatoms. The van der Waals surface area contributed by atoms with Crippen LogP contribution in [0.2, 0.25) is 0 Å². The van der Waals surface area contributed by atoms with E-state index in [2.05, 4.69) is 22.2 Å². The van der Waals surface area contributed by atoms with Crippen molar-refractivity contribution in [1.82, 2.24) is 9.97 Å². The molecule has 2 rings (SSSR count). The minimum absolute atomic E-state index is 0.565. The molecule has 1 aromatic heterocycles. The molecular weight excluding hydrogens is 262 g/mol. The van der Waals surface area contributed by atoms with E-state index in [1.165, 1.54) is 0 Å². The quantitative estimate of drug-likeness (QED) is 0.858. The van der Waals surface area contributed by atoms with Crippen LogP contribution in [0, 0.1) is 0 Å². The highest BCUT2D eigenvalue weighted by Gasteiger charge is 2.07. The maximum atomic E-state index is 5.95. The monoisotopic (exact) mass is 283 g/mol. The molecule has 0 fully saturated rings. The van der Waals surface area contributed by atoms with Gasteiger partial charge in [-0.05, 0) is 19.4 Å². The molecule has 0 bridgehead atoms. The number of hydrogen-bond donors (Lipinski definition) is 1. The van der Waals surface area contributed by atoms with E-state index in [0.717, 1.165) is 35.8 Å². The predicted octanol–water partition coefficient (Wildman–Crippen LogP) is 4.30. The van der Waals surface area contributed by atoms with Gasteiger partial charge in [-0.3, -0.25) is 0 Å². The third-order valence-electron chi connectivity index (χ3n) is 2.96. The molecular formula is C17H21N3O. The van der Waals surface area contributed by atoms with Crippen molar-refractivity contribution in [3.8, 4) is 11.6 Å². The summed E-state index contributed by atoms with van der Waals surface area (Å²) in [6.45, 7) is 4.09.